The zero-order chi connectivity index (χ0) is 25.0. The fourth-order valence-electron chi connectivity index (χ4n) is 5.23. The van der Waals surface area contributed by atoms with Crippen LogP contribution >= 0.6 is 11.8 Å². The Hall–Kier alpha value is -4.00. The molecule has 2 aliphatic heterocycles. The molecular weight excluding hydrogens is 493 g/mol. The van der Waals surface area contributed by atoms with E-state index in [1.807, 2.05) is 36.5 Å². The van der Waals surface area contributed by atoms with Crippen LogP contribution in [-0.4, -0.2) is 13.1 Å². The maximum Gasteiger partial charge on any atom is 0.165 e. The van der Waals surface area contributed by atoms with E-state index in [4.69, 9.17) is 9.47 Å². The molecule has 0 bridgehead atoms. The van der Waals surface area contributed by atoms with Crippen LogP contribution in [0.2, 0.25) is 13.1 Å². The molecule has 0 spiro atoms. The van der Waals surface area contributed by atoms with Crippen molar-refractivity contribution in [2.45, 2.75) is 22.9 Å². The summed E-state index contributed by atoms with van der Waals surface area (Å²) in [6, 6.07) is 33.5. The normalized spacial score (nSPS) is 14.2. The zero-order valence-electron chi connectivity index (χ0n) is 20.5. The molecule has 0 aliphatic carbocycles. The minimum absolute atomic E-state index is 0.834. The molecule has 0 radical (unpaired) electrons. The lowest BCUT2D eigenvalue weighted by atomic mass is 10.1. The second-order valence-corrected chi connectivity index (χ2v) is 15.1. The highest BCUT2D eigenvalue weighted by molar-refractivity contribution is 7.99. The number of anilines is 3. The third-order valence-electron chi connectivity index (χ3n) is 7.07. The first-order chi connectivity index (χ1) is 18.1. The first kappa shape index (κ1) is 22.2. The summed E-state index contributed by atoms with van der Waals surface area (Å²) < 4.78 is 13.3. The molecule has 5 aromatic rings. The first-order valence-electron chi connectivity index (χ1n) is 12.3. The molecule has 0 fully saturated rings. The number of hydrogen-bond acceptors (Lipinski definition) is 5. The average molecular weight is 517 g/mol. The standard InChI is InChI=1S/C31H24N2O2SSi/c1-37(2)28-17-6-4-14-25(28)35-31-23(12-8-18-29(31)37)33(21-10-9-19-32-20-21)22-11-7-16-27-30(22)34-24-13-3-5-15-26(24)36-27/h3-20H,1-2H3. The Morgan fingerprint density at radius 3 is 2.16 bits per heavy atom. The molecule has 0 saturated carbocycles. The summed E-state index contributed by atoms with van der Waals surface area (Å²) in [5.41, 5.74) is 2.86. The Bertz CT molecular complexity index is 1660. The van der Waals surface area contributed by atoms with Gasteiger partial charge in [-0.25, -0.2) is 0 Å². The van der Waals surface area contributed by atoms with Crippen molar-refractivity contribution in [2.24, 2.45) is 0 Å². The molecule has 7 rings (SSSR count). The van der Waals surface area contributed by atoms with Gasteiger partial charge in [-0.3, -0.25) is 4.98 Å². The van der Waals surface area contributed by atoms with Crippen molar-refractivity contribution in [1.82, 2.24) is 4.98 Å². The zero-order valence-corrected chi connectivity index (χ0v) is 22.3. The number of nitrogens with zero attached hydrogens (tertiary/aromatic N) is 2. The second kappa shape index (κ2) is 8.54. The molecule has 6 heteroatoms. The highest BCUT2D eigenvalue weighted by atomic mass is 32.2. The van der Waals surface area contributed by atoms with Crippen LogP contribution in [0.5, 0.6) is 23.0 Å². The van der Waals surface area contributed by atoms with Crippen LogP contribution in [0.15, 0.2) is 119 Å². The predicted molar refractivity (Wildman–Crippen MR) is 153 cm³/mol. The van der Waals surface area contributed by atoms with Gasteiger partial charge < -0.3 is 14.4 Å². The van der Waals surface area contributed by atoms with E-state index in [0.717, 1.165) is 49.9 Å². The molecule has 0 saturated heterocycles. The number of aromatic nitrogens is 1. The van der Waals surface area contributed by atoms with Gasteiger partial charge in [0.15, 0.2) is 11.5 Å². The number of ether oxygens (including phenoxy) is 2. The van der Waals surface area contributed by atoms with Crippen molar-refractivity contribution in [3.63, 3.8) is 0 Å². The van der Waals surface area contributed by atoms with Gasteiger partial charge in [-0.1, -0.05) is 73.4 Å². The SMILES string of the molecule is C[Si]1(C)c2ccccc2Oc2c(N(c3cccnc3)c3cccc4c3Oc3ccccc3S4)cccc21. The third-order valence-corrected chi connectivity index (χ3v) is 11.7. The van der Waals surface area contributed by atoms with Crippen molar-refractivity contribution < 1.29 is 9.47 Å². The molecule has 37 heavy (non-hydrogen) atoms. The molecule has 0 atom stereocenters. The number of rotatable bonds is 3. The lowest BCUT2D eigenvalue weighted by Crippen LogP contribution is -2.56. The van der Waals surface area contributed by atoms with Gasteiger partial charge >= 0.3 is 0 Å². The molecular formula is C31H24N2O2SSi. The van der Waals surface area contributed by atoms with Gasteiger partial charge in [0.2, 0.25) is 0 Å². The van der Waals surface area contributed by atoms with Gasteiger partial charge in [-0.15, -0.1) is 0 Å². The molecule has 4 aromatic carbocycles. The summed E-state index contributed by atoms with van der Waals surface area (Å²) in [7, 11) is -1.99. The van der Waals surface area contributed by atoms with E-state index in [0.29, 0.717) is 0 Å². The number of hydrogen-bond donors (Lipinski definition) is 0. The Balaban J connectivity index is 1.45. The second-order valence-electron chi connectivity index (χ2n) is 9.68. The summed E-state index contributed by atoms with van der Waals surface area (Å²) >= 11 is 1.73. The summed E-state index contributed by atoms with van der Waals surface area (Å²) in [6.45, 7) is 4.79. The van der Waals surface area contributed by atoms with Crippen LogP contribution in [0.1, 0.15) is 0 Å². The fourth-order valence-corrected chi connectivity index (χ4v) is 9.02. The summed E-state index contributed by atoms with van der Waals surface area (Å²) in [5.74, 6) is 3.55. The average Bonchev–Trinajstić information content (AvgIpc) is 2.93. The molecule has 2 aliphatic rings. The molecule has 4 nitrogen and oxygen atoms in total. The number of fused-ring (bicyclic) bond motifs is 4. The van der Waals surface area contributed by atoms with Crippen molar-refractivity contribution in [3.8, 4) is 23.0 Å². The summed E-state index contributed by atoms with van der Waals surface area (Å²) in [4.78, 5) is 8.88. The van der Waals surface area contributed by atoms with E-state index in [1.54, 1.807) is 18.0 Å². The third kappa shape index (κ3) is 3.55. The van der Waals surface area contributed by atoms with Gasteiger partial charge in [0.25, 0.3) is 0 Å². The largest absolute Gasteiger partial charge is 0.455 e. The number of benzene rings is 4. The Labute approximate surface area is 221 Å². The van der Waals surface area contributed by atoms with Crippen molar-refractivity contribution in [1.29, 1.82) is 0 Å². The quantitative estimate of drug-likeness (QED) is 0.225. The molecule has 0 unspecified atom stereocenters. The lowest BCUT2D eigenvalue weighted by molar-refractivity contribution is 0.455. The Kier molecular flexibility index (Phi) is 5.13. The van der Waals surface area contributed by atoms with Gasteiger partial charge in [-0.05, 0) is 58.9 Å². The van der Waals surface area contributed by atoms with E-state index >= 15 is 0 Å². The number of para-hydroxylation sites is 4. The maximum absolute atomic E-state index is 6.70. The minimum atomic E-state index is -1.99. The van der Waals surface area contributed by atoms with Crippen LogP contribution in [-0.2, 0) is 0 Å². The van der Waals surface area contributed by atoms with Crippen LogP contribution < -0.4 is 24.7 Å². The van der Waals surface area contributed by atoms with E-state index < -0.39 is 8.07 Å². The van der Waals surface area contributed by atoms with E-state index in [-0.39, 0.29) is 0 Å². The van der Waals surface area contributed by atoms with Crippen LogP contribution in [0.25, 0.3) is 0 Å². The lowest BCUT2D eigenvalue weighted by Gasteiger charge is -2.37. The molecule has 3 heterocycles. The van der Waals surface area contributed by atoms with Crippen LogP contribution in [0.3, 0.4) is 0 Å². The van der Waals surface area contributed by atoms with E-state index in [1.165, 1.54) is 10.4 Å². The van der Waals surface area contributed by atoms with Gasteiger partial charge in [0.05, 0.1) is 33.0 Å². The first-order valence-corrected chi connectivity index (χ1v) is 16.1. The van der Waals surface area contributed by atoms with Gasteiger partial charge in [-0.2, -0.15) is 0 Å². The molecule has 0 N–H and O–H groups in total. The van der Waals surface area contributed by atoms with Crippen molar-refractivity contribution in [2.75, 3.05) is 4.90 Å². The van der Waals surface area contributed by atoms with Crippen molar-refractivity contribution >= 4 is 47.3 Å². The fraction of sp³-hybridized carbons (Fsp3) is 0.0645. The van der Waals surface area contributed by atoms with Crippen LogP contribution in [0, 0.1) is 0 Å². The topological polar surface area (TPSA) is 34.6 Å². The molecule has 1 aromatic heterocycles. The smallest absolute Gasteiger partial charge is 0.165 e. The van der Waals surface area contributed by atoms with Crippen LogP contribution in [0.4, 0.5) is 17.1 Å². The van der Waals surface area contributed by atoms with E-state index in [9.17, 15) is 0 Å². The Morgan fingerprint density at radius 2 is 1.32 bits per heavy atom. The highest BCUT2D eigenvalue weighted by Gasteiger charge is 2.38. The monoisotopic (exact) mass is 516 g/mol. The van der Waals surface area contributed by atoms with E-state index in [2.05, 4.69) is 89.7 Å². The number of pyridine rings is 1. The molecule has 180 valence electrons. The maximum atomic E-state index is 6.70. The minimum Gasteiger partial charge on any atom is -0.455 e. The summed E-state index contributed by atoms with van der Waals surface area (Å²) in [5, 5.41) is 2.60. The molecule has 0 amide bonds. The van der Waals surface area contributed by atoms with Gasteiger partial charge in [0.1, 0.15) is 19.6 Å². The predicted octanol–water partition coefficient (Wildman–Crippen LogP) is 7.74. The Morgan fingerprint density at radius 1 is 0.649 bits per heavy atom. The van der Waals surface area contributed by atoms with Crippen molar-refractivity contribution in [3.05, 3.63) is 109 Å². The highest BCUT2D eigenvalue weighted by Crippen LogP contribution is 2.54. The van der Waals surface area contributed by atoms with Gasteiger partial charge in [0, 0.05) is 6.20 Å². The summed E-state index contributed by atoms with van der Waals surface area (Å²) in [6.07, 6.45) is 3.69.